The van der Waals surface area contributed by atoms with Crippen LogP contribution in [0.4, 0.5) is 0 Å². The number of phenolic OH excluding ortho intramolecular Hbond substituents is 1. The molecule has 2 aromatic carbocycles. The van der Waals surface area contributed by atoms with Crippen molar-refractivity contribution < 1.29 is 9.52 Å². The molecule has 3 aromatic rings. The van der Waals surface area contributed by atoms with Gasteiger partial charge >= 0.3 is 0 Å². The molecule has 0 saturated carbocycles. The SMILES string of the molecule is CC.Oc1ccc2oc3ccccc3c2c1. The van der Waals surface area contributed by atoms with E-state index in [-0.39, 0.29) is 5.75 Å². The van der Waals surface area contributed by atoms with E-state index in [9.17, 15) is 5.11 Å². The van der Waals surface area contributed by atoms with Crippen molar-refractivity contribution in [3.63, 3.8) is 0 Å². The highest BCUT2D eigenvalue weighted by atomic mass is 16.3. The molecule has 16 heavy (non-hydrogen) atoms. The first-order chi connectivity index (χ1) is 7.84. The molecular weight excluding hydrogens is 200 g/mol. The average Bonchev–Trinajstić information content (AvgIpc) is 2.70. The number of para-hydroxylation sites is 1. The Morgan fingerprint density at radius 2 is 1.56 bits per heavy atom. The van der Waals surface area contributed by atoms with Crippen molar-refractivity contribution in [3.8, 4) is 5.75 Å². The summed E-state index contributed by atoms with van der Waals surface area (Å²) < 4.78 is 5.60. The fourth-order valence-electron chi connectivity index (χ4n) is 1.71. The summed E-state index contributed by atoms with van der Waals surface area (Å²) in [5.74, 6) is 0.268. The van der Waals surface area contributed by atoms with Crippen molar-refractivity contribution in [2.75, 3.05) is 0 Å². The summed E-state index contributed by atoms with van der Waals surface area (Å²) in [5, 5.41) is 11.4. The fourth-order valence-corrected chi connectivity index (χ4v) is 1.71. The van der Waals surface area contributed by atoms with Gasteiger partial charge in [0, 0.05) is 10.8 Å². The molecule has 0 fully saturated rings. The van der Waals surface area contributed by atoms with Gasteiger partial charge in [-0.15, -0.1) is 0 Å². The van der Waals surface area contributed by atoms with Crippen LogP contribution in [0, 0.1) is 0 Å². The van der Waals surface area contributed by atoms with E-state index in [0.29, 0.717) is 0 Å². The topological polar surface area (TPSA) is 33.4 Å². The van der Waals surface area contributed by atoms with E-state index in [1.54, 1.807) is 18.2 Å². The lowest BCUT2D eigenvalue weighted by Crippen LogP contribution is -1.65. The maximum absolute atomic E-state index is 9.37. The number of hydrogen-bond donors (Lipinski definition) is 1. The molecule has 2 heteroatoms. The van der Waals surface area contributed by atoms with E-state index in [2.05, 4.69) is 0 Å². The van der Waals surface area contributed by atoms with Crippen LogP contribution in [0.3, 0.4) is 0 Å². The molecule has 1 N–H and O–H groups in total. The number of aromatic hydroxyl groups is 1. The largest absolute Gasteiger partial charge is 0.508 e. The minimum Gasteiger partial charge on any atom is -0.508 e. The first kappa shape index (κ1) is 10.6. The second-order valence-electron chi connectivity index (χ2n) is 3.28. The van der Waals surface area contributed by atoms with E-state index in [1.165, 1.54) is 0 Å². The number of fused-ring (bicyclic) bond motifs is 3. The van der Waals surface area contributed by atoms with E-state index in [4.69, 9.17) is 4.42 Å². The van der Waals surface area contributed by atoms with Gasteiger partial charge in [-0.2, -0.15) is 0 Å². The molecule has 0 unspecified atom stereocenters. The Kier molecular flexibility index (Phi) is 2.82. The van der Waals surface area contributed by atoms with Crippen LogP contribution in [0.25, 0.3) is 21.9 Å². The molecule has 0 bridgehead atoms. The first-order valence-corrected chi connectivity index (χ1v) is 5.45. The first-order valence-electron chi connectivity index (χ1n) is 5.45. The summed E-state index contributed by atoms with van der Waals surface area (Å²) in [5.41, 5.74) is 1.66. The highest BCUT2D eigenvalue weighted by Crippen LogP contribution is 2.30. The third-order valence-electron chi connectivity index (χ3n) is 2.36. The molecule has 2 nitrogen and oxygen atoms in total. The van der Waals surface area contributed by atoms with Crippen molar-refractivity contribution in [1.29, 1.82) is 0 Å². The van der Waals surface area contributed by atoms with Gasteiger partial charge in [0.15, 0.2) is 0 Å². The highest BCUT2D eigenvalue weighted by molar-refractivity contribution is 6.05. The summed E-state index contributed by atoms with van der Waals surface area (Å²) >= 11 is 0. The second-order valence-corrected chi connectivity index (χ2v) is 3.28. The molecule has 0 saturated heterocycles. The molecule has 1 heterocycles. The van der Waals surface area contributed by atoms with Crippen LogP contribution < -0.4 is 0 Å². The van der Waals surface area contributed by atoms with E-state index >= 15 is 0 Å². The predicted molar refractivity (Wildman–Crippen MR) is 66.7 cm³/mol. The molecule has 0 amide bonds. The van der Waals surface area contributed by atoms with Crippen molar-refractivity contribution in [2.45, 2.75) is 13.8 Å². The smallest absolute Gasteiger partial charge is 0.135 e. The molecule has 0 aliphatic rings. The van der Waals surface area contributed by atoms with Crippen LogP contribution in [0.1, 0.15) is 13.8 Å². The molecule has 0 radical (unpaired) electrons. The lowest BCUT2D eigenvalue weighted by molar-refractivity contribution is 0.476. The van der Waals surface area contributed by atoms with Gasteiger partial charge in [-0.3, -0.25) is 0 Å². The molecule has 3 rings (SSSR count). The maximum Gasteiger partial charge on any atom is 0.135 e. The standard InChI is InChI=1S/C12H8O2.C2H6/c13-8-5-6-12-10(7-8)9-3-1-2-4-11(9)14-12;1-2/h1-7,13H;1-2H3. The van der Waals surface area contributed by atoms with Crippen LogP contribution >= 0.6 is 0 Å². The van der Waals surface area contributed by atoms with E-state index in [1.807, 2.05) is 38.1 Å². The number of hydrogen-bond acceptors (Lipinski definition) is 2. The van der Waals surface area contributed by atoms with Crippen molar-refractivity contribution in [2.24, 2.45) is 0 Å². The summed E-state index contributed by atoms with van der Waals surface area (Å²) in [7, 11) is 0. The number of benzene rings is 2. The molecule has 0 spiro atoms. The van der Waals surface area contributed by atoms with Crippen LogP contribution in [-0.4, -0.2) is 5.11 Å². The van der Waals surface area contributed by atoms with Crippen LogP contribution in [0.5, 0.6) is 5.75 Å². The van der Waals surface area contributed by atoms with Crippen molar-refractivity contribution in [1.82, 2.24) is 0 Å². The molecule has 0 atom stereocenters. The Bertz CT molecular complexity index is 608. The van der Waals surface area contributed by atoms with E-state index in [0.717, 1.165) is 21.9 Å². The Labute approximate surface area is 94.1 Å². The molecule has 1 aromatic heterocycles. The second kappa shape index (κ2) is 4.27. The Morgan fingerprint density at radius 3 is 2.38 bits per heavy atom. The zero-order valence-corrected chi connectivity index (χ0v) is 9.40. The normalized spacial score (nSPS) is 10.1. The Hall–Kier alpha value is -1.96. The molecular formula is C14H14O2. The molecule has 0 aliphatic carbocycles. The van der Waals surface area contributed by atoms with Crippen LogP contribution in [0.2, 0.25) is 0 Å². The zero-order chi connectivity index (χ0) is 11.5. The van der Waals surface area contributed by atoms with Gasteiger partial charge in [-0.05, 0) is 24.3 Å². The number of phenols is 1. The van der Waals surface area contributed by atoms with Gasteiger partial charge in [0.2, 0.25) is 0 Å². The third-order valence-corrected chi connectivity index (χ3v) is 2.36. The van der Waals surface area contributed by atoms with Gasteiger partial charge < -0.3 is 9.52 Å². The summed E-state index contributed by atoms with van der Waals surface area (Å²) in [6, 6.07) is 12.9. The minimum atomic E-state index is 0.268. The summed E-state index contributed by atoms with van der Waals surface area (Å²) in [4.78, 5) is 0. The maximum atomic E-state index is 9.37. The van der Waals surface area contributed by atoms with Crippen LogP contribution in [0.15, 0.2) is 46.9 Å². The number of furan rings is 1. The quantitative estimate of drug-likeness (QED) is 0.604. The van der Waals surface area contributed by atoms with Gasteiger partial charge in [-0.1, -0.05) is 32.0 Å². The Balaban J connectivity index is 0.000000457. The monoisotopic (exact) mass is 214 g/mol. The lowest BCUT2D eigenvalue weighted by Gasteiger charge is -1.90. The highest BCUT2D eigenvalue weighted by Gasteiger charge is 2.05. The lowest BCUT2D eigenvalue weighted by atomic mass is 10.1. The number of rotatable bonds is 0. The zero-order valence-electron chi connectivity index (χ0n) is 9.40. The Morgan fingerprint density at radius 1 is 0.875 bits per heavy atom. The minimum absolute atomic E-state index is 0.268. The van der Waals surface area contributed by atoms with Gasteiger partial charge in [-0.25, -0.2) is 0 Å². The van der Waals surface area contributed by atoms with Crippen molar-refractivity contribution in [3.05, 3.63) is 42.5 Å². The van der Waals surface area contributed by atoms with Crippen molar-refractivity contribution >= 4 is 21.9 Å². The summed E-state index contributed by atoms with van der Waals surface area (Å²) in [6.07, 6.45) is 0. The average molecular weight is 214 g/mol. The van der Waals surface area contributed by atoms with Crippen LogP contribution in [-0.2, 0) is 0 Å². The van der Waals surface area contributed by atoms with E-state index < -0.39 is 0 Å². The predicted octanol–water partition coefficient (Wildman–Crippen LogP) is 4.32. The van der Waals surface area contributed by atoms with Gasteiger partial charge in [0.25, 0.3) is 0 Å². The van der Waals surface area contributed by atoms with Gasteiger partial charge in [0.1, 0.15) is 16.9 Å². The fraction of sp³-hybridized carbons (Fsp3) is 0.143. The van der Waals surface area contributed by atoms with Gasteiger partial charge in [0.05, 0.1) is 0 Å². The molecule has 0 aliphatic heterocycles. The third kappa shape index (κ3) is 1.63. The summed E-state index contributed by atoms with van der Waals surface area (Å²) in [6.45, 7) is 4.00. The molecule has 82 valence electrons.